The van der Waals surface area contributed by atoms with E-state index in [1.165, 1.54) is 12.8 Å². The average molecular weight is 430 g/mol. The van der Waals surface area contributed by atoms with Crippen molar-refractivity contribution in [3.8, 4) is 11.3 Å². The Bertz CT molecular complexity index is 803. The standard InChI is InChI=1S/C23H31N3O3S/c1-2-12-28-17-20(27)15-26(19-8-9-19)16-21-22(18-6-4-3-5-7-18)24-29-23(21)25-10-13-30-14-11-25/h2-7,19-20,27H,1,8-17H2. The zero-order valence-corrected chi connectivity index (χ0v) is 18.2. The molecule has 0 bridgehead atoms. The molecule has 0 spiro atoms. The first-order chi connectivity index (χ1) is 14.8. The maximum absolute atomic E-state index is 10.5. The monoisotopic (exact) mass is 429 g/mol. The number of hydrogen-bond donors (Lipinski definition) is 1. The molecule has 2 aromatic rings. The van der Waals surface area contributed by atoms with Crippen molar-refractivity contribution in [1.29, 1.82) is 0 Å². The molecule has 1 aromatic carbocycles. The predicted molar refractivity (Wildman–Crippen MR) is 122 cm³/mol. The molecule has 1 aliphatic carbocycles. The van der Waals surface area contributed by atoms with Gasteiger partial charge >= 0.3 is 0 Å². The van der Waals surface area contributed by atoms with Crippen LogP contribution in [0.15, 0.2) is 47.5 Å². The smallest absolute Gasteiger partial charge is 0.232 e. The third kappa shape index (κ3) is 5.46. The second-order valence-corrected chi connectivity index (χ2v) is 9.15. The number of nitrogens with zero attached hydrogens (tertiary/aromatic N) is 3. The van der Waals surface area contributed by atoms with Crippen LogP contribution in [0.4, 0.5) is 5.88 Å². The number of anilines is 1. The highest BCUT2D eigenvalue weighted by Gasteiger charge is 2.33. The first-order valence-electron chi connectivity index (χ1n) is 10.7. The van der Waals surface area contributed by atoms with Crippen LogP contribution < -0.4 is 4.90 Å². The van der Waals surface area contributed by atoms with E-state index in [0.717, 1.165) is 53.8 Å². The summed E-state index contributed by atoms with van der Waals surface area (Å²) in [5.74, 6) is 3.09. The summed E-state index contributed by atoms with van der Waals surface area (Å²) >= 11 is 1.98. The van der Waals surface area contributed by atoms with Crippen molar-refractivity contribution in [1.82, 2.24) is 10.1 Å². The van der Waals surface area contributed by atoms with Crippen molar-refractivity contribution < 1.29 is 14.4 Å². The summed E-state index contributed by atoms with van der Waals surface area (Å²) in [6.45, 7) is 7.69. The van der Waals surface area contributed by atoms with Crippen LogP contribution in [-0.4, -0.2) is 71.7 Å². The van der Waals surface area contributed by atoms with Crippen LogP contribution in [0.3, 0.4) is 0 Å². The van der Waals surface area contributed by atoms with Gasteiger partial charge in [-0.15, -0.1) is 6.58 Å². The SMILES string of the molecule is C=CCOCC(O)CN(Cc1c(-c2ccccc2)noc1N1CCSCC1)C1CC1. The predicted octanol–water partition coefficient (Wildman–Crippen LogP) is 3.42. The van der Waals surface area contributed by atoms with Gasteiger partial charge in [-0.1, -0.05) is 41.6 Å². The minimum absolute atomic E-state index is 0.320. The van der Waals surface area contributed by atoms with Gasteiger partial charge in [0.15, 0.2) is 0 Å². The average Bonchev–Trinajstić information content (AvgIpc) is 3.55. The maximum Gasteiger partial charge on any atom is 0.232 e. The summed E-state index contributed by atoms with van der Waals surface area (Å²) in [4.78, 5) is 4.68. The van der Waals surface area contributed by atoms with Crippen LogP contribution >= 0.6 is 11.8 Å². The van der Waals surface area contributed by atoms with Crippen LogP contribution in [-0.2, 0) is 11.3 Å². The van der Waals surface area contributed by atoms with Gasteiger partial charge in [-0.3, -0.25) is 4.90 Å². The van der Waals surface area contributed by atoms with Crippen molar-refractivity contribution in [2.75, 3.05) is 49.3 Å². The molecule has 1 saturated carbocycles. The largest absolute Gasteiger partial charge is 0.389 e. The van der Waals surface area contributed by atoms with Crippen molar-refractivity contribution in [2.45, 2.75) is 31.5 Å². The van der Waals surface area contributed by atoms with Gasteiger partial charge in [0.2, 0.25) is 5.88 Å². The molecule has 162 valence electrons. The van der Waals surface area contributed by atoms with Gasteiger partial charge in [0, 0.05) is 49.3 Å². The van der Waals surface area contributed by atoms with Crippen molar-refractivity contribution in [2.24, 2.45) is 0 Å². The molecule has 4 rings (SSSR count). The molecule has 2 heterocycles. The molecule has 1 N–H and O–H groups in total. The molecule has 30 heavy (non-hydrogen) atoms. The molecular formula is C23H31N3O3S. The second kappa shape index (κ2) is 10.5. The van der Waals surface area contributed by atoms with E-state index in [1.54, 1.807) is 6.08 Å². The first kappa shape index (κ1) is 21.4. The van der Waals surface area contributed by atoms with Crippen LogP contribution in [0.25, 0.3) is 11.3 Å². The number of rotatable bonds is 11. The number of thioether (sulfide) groups is 1. The van der Waals surface area contributed by atoms with E-state index in [1.807, 2.05) is 30.0 Å². The zero-order valence-electron chi connectivity index (χ0n) is 17.4. The summed E-state index contributed by atoms with van der Waals surface area (Å²) in [7, 11) is 0. The molecule has 1 atom stereocenters. The fourth-order valence-electron chi connectivity index (χ4n) is 3.88. The van der Waals surface area contributed by atoms with Crippen LogP contribution in [0.1, 0.15) is 18.4 Å². The van der Waals surface area contributed by atoms with Gasteiger partial charge in [-0.2, -0.15) is 11.8 Å². The fraction of sp³-hybridized carbons (Fsp3) is 0.522. The lowest BCUT2D eigenvalue weighted by Crippen LogP contribution is -2.37. The van der Waals surface area contributed by atoms with Gasteiger partial charge in [-0.05, 0) is 12.8 Å². The second-order valence-electron chi connectivity index (χ2n) is 7.92. The molecule has 1 unspecified atom stereocenters. The Morgan fingerprint density at radius 2 is 2.07 bits per heavy atom. The van der Waals surface area contributed by atoms with Crippen LogP contribution in [0.2, 0.25) is 0 Å². The third-order valence-corrected chi connectivity index (χ3v) is 6.47. The van der Waals surface area contributed by atoms with Crippen LogP contribution in [0.5, 0.6) is 0 Å². The van der Waals surface area contributed by atoms with Gasteiger partial charge in [0.1, 0.15) is 5.69 Å². The highest BCUT2D eigenvalue weighted by Crippen LogP contribution is 2.36. The van der Waals surface area contributed by atoms with E-state index in [4.69, 9.17) is 9.26 Å². The van der Waals surface area contributed by atoms with Crippen LogP contribution in [0, 0.1) is 0 Å². The van der Waals surface area contributed by atoms with Gasteiger partial charge in [0.25, 0.3) is 0 Å². The number of aromatic nitrogens is 1. The lowest BCUT2D eigenvalue weighted by molar-refractivity contribution is 0.0228. The quantitative estimate of drug-likeness (QED) is 0.434. The molecule has 6 nitrogen and oxygen atoms in total. The molecule has 0 radical (unpaired) electrons. The van der Waals surface area contributed by atoms with E-state index in [9.17, 15) is 5.11 Å². The number of benzene rings is 1. The Hall–Kier alpha value is -1.80. The van der Waals surface area contributed by atoms with Crippen molar-refractivity contribution in [3.05, 3.63) is 48.6 Å². The highest BCUT2D eigenvalue weighted by atomic mass is 32.2. The summed E-state index contributed by atoms with van der Waals surface area (Å²) in [6, 6.07) is 10.7. The molecule has 1 aromatic heterocycles. The topological polar surface area (TPSA) is 62.0 Å². The molecular weight excluding hydrogens is 398 g/mol. The maximum atomic E-state index is 10.5. The Labute approximate surface area is 182 Å². The van der Waals surface area contributed by atoms with E-state index in [2.05, 4.69) is 33.7 Å². The number of aliphatic hydroxyl groups excluding tert-OH is 1. The summed E-state index contributed by atoms with van der Waals surface area (Å²) in [6.07, 6.45) is 3.52. The normalized spacial score (nSPS) is 18.0. The number of aliphatic hydroxyl groups is 1. The lowest BCUT2D eigenvalue weighted by Gasteiger charge is -2.29. The molecule has 0 amide bonds. The van der Waals surface area contributed by atoms with E-state index >= 15 is 0 Å². The minimum atomic E-state index is -0.527. The number of hydrogen-bond acceptors (Lipinski definition) is 7. The zero-order chi connectivity index (χ0) is 20.8. The van der Waals surface area contributed by atoms with E-state index in [-0.39, 0.29) is 0 Å². The molecule has 1 aliphatic heterocycles. The fourth-order valence-corrected chi connectivity index (χ4v) is 4.78. The lowest BCUT2D eigenvalue weighted by atomic mass is 10.1. The van der Waals surface area contributed by atoms with Crippen molar-refractivity contribution >= 4 is 17.6 Å². The molecule has 1 saturated heterocycles. The minimum Gasteiger partial charge on any atom is -0.389 e. The van der Waals surface area contributed by atoms with Gasteiger partial charge in [0.05, 0.1) is 24.9 Å². The van der Waals surface area contributed by atoms with Gasteiger partial charge < -0.3 is 19.3 Å². The Kier molecular flexibility index (Phi) is 7.49. The number of ether oxygens (including phenoxy) is 1. The van der Waals surface area contributed by atoms with Crippen molar-refractivity contribution in [3.63, 3.8) is 0 Å². The molecule has 2 fully saturated rings. The molecule has 7 heteroatoms. The Morgan fingerprint density at radius 3 is 2.77 bits per heavy atom. The van der Waals surface area contributed by atoms with E-state index in [0.29, 0.717) is 25.8 Å². The Morgan fingerprint density at radius 1 is 1.30 bits per heavy atom. The van der Waals surface area contributed by atoms with E-state index < -0.39 is 6.10 Å². The van der Waals surface area contributed by atoms with Gasteiger partial charge in [-0.25, -0.2) is 0 Å². The highest BCUT2D eigenvalue weighted by molar-refractivity contribution is 7.99. The summed E-state index contributed by atoms with van der Waals surface area (Å²) in [5.41, 5.74) is 3.10. The third-order valence-electron chi connectivity index (χ3n) is 5.53. The summed E-state index contributed by atoms with van der Waals surface area (Å²) in [5, 5.41) is 15.0. The Balaban J connectivity index is 1.56. The first-order valence-corrected chi connectivity index (χ1v) is 11.9. The summed E-state index contributed by atoms with van der Waals surface area (Å²) < 4.78 is 11.4. The molecule has 2 aliphatic rings.